The summed E-state index contributed by atoms with van der Waals surface area (Å²) in [6.45, 7) is 1.57. The van der Waals surface area contributed by atoms with Crippen molar-refractivity contribution >= 4 is 12.0 Å². The number of alkyl halides is 3. The smallest absolute Gasteiger partial charge is 0.471 e. The van der Waals surface area contributed by atoms with Crippen molar-refractivity contribution in [2.24, 2.45) is 11.8 Å². The molecule has 6 atom stereocenters. The van der Waals surface area contributed by atoms with E-state index < -0.39 is 36.3 Å². The lowest BCUT2D eigenvalue weighted by atomic mass is 9.97. The largest absolute Gasteiger partial charge is 0.497 e. The van der Waals surface area contributed by atoms with Crippen LogP contribution in [0.3, 0.4) is 0 Å². The van der Waals surface area contributed by atoms with Crippen molar-refractivity contribution in [3.8, 4) is 5.75 Å². The maximum absolute atomic E-state index is 13.9. The Morgan fingerprint density at radius 2 is 1.68 bits per heavy atom. The van der Waals surface area contributed by atoms with Gasteiger partial charge in [0.15, 0.2) is 0 Å². The zero-order chi connectivity index (χ0) is 29.1. The van der Waals surface area contributed by atoms with Gasteiger partial charge in [-0.05, 0) is 74.1 Å². The summed E-state index contributed by atoms with van der Waals surface area (Å²) in [4.78, 5) is 28.6. The molecule has 2 aromatic carbocycles. The third-order valence-corrected chi connectivity index (χ3v) is 8.69. The van der Waals surface area contributed by atoms with Crippen LogP contribution < -0.4 is 4.74 Å². The summed E-state index contributed by atoms with van der Waals surface area (Å²) < 4.78 is 58.9. The van der Waals surface area contributed by atoms with Gasteiger partial charge in [0.05, 0.1) is 31.9 Å². The topological polar surface area (TPSA) is 68.3 Å². The van der Waals surface area contributed by atoms with E-state index in [9.17, 15) is 22.8 Å². The van der Waals surface area contributed by atoms with Gasteiger partial charge in [-0.15, -0.1) is 0 Å². The van der Waals surface area contributed by atoms with E-state index in [0.29, 0.717) is 17.2 Å². The van der Waals surface area contributed by atoms with Gasteiger partial charge in [-0.1, -0.05) is 42.5 Å². The predicted octanol–water partition coefficient (Wildman–Crippen LogP) is 5.96. The zero-order valence-electron chi connectivity index (χ0n) is 23.4. The minimum Gasteiger partial charge on any atom is -0.497 e. The Labute approximate surface area is 238 Å². The van der Waals surface area contributed by atoms with Gasteiger partial charge >= 0.3 is 18.2 Å². The predicted molar refractivity (Wildman–Crippen MR) is 145 cm³/mol. The van der Waals surface area contributed by atoms with Gasteiger partial charge in [0.2, 0.25) is 0 Å². The molecule has 2 aliphatic carbocycles. The first kappa shape index (κ1) is 29.2. The fourth-order valence-electron chi connectivity index (χ4n) is 6.39. The van der Waals surface area contributed by atoms with E-state index in [-0.39, 0.29) is 32.3 Å². The Kier molecular flexibility index (Phi) is 8.77. The Morgan fingerprint density at radius 3 is 2.34 bits per heavy atom. The van der Waals surface area contributed by atoms with Crippen molar-refractivity contribution in [1.82, 2.24) is 9.80 Å². The molecule has 0 bridgehead atoms. The summed E-state index contributed by atoms with van der Waals surface area (Å²) >= 11 is 0. The van der Waals surface area contributed by atoms with Crippen LogP contribution >= 0.6 is 0 Å². The molecule has 222 valence electrons. The highest BCUT2D eigenvalue weighted by Gasteiger charge is 2.52. The standard InChI is InChI=1S/C31H37F3N2O5/c1-20-14-27(35(29(37)31(32,33)34)17-21-8-11-25(39-2)12-9-21)28(19-40-26-13-10-23-15-24(23)16-26)36(20)30(38)41-18-22-6-4-3-5-7-22/h3-9,11-12,20,23-24,26-28H,10,13-19H2,1-2H3/t20-,23?,24+,26?,27+,28+/m1/s1. The minimum atomic E-state index is -5.08. The number of hydrogen-bond donors (Lipinski definition) is 0. The number of carbonyl (C=O) groups is 2. The summed E-state index contributed by atoms with van der Waals surface area (Å²) in [5, 5.41) is 0. The van der Waals surface area contributed by atoms with E-state index in [1.54, 1.807) is 31.2 Å². The van der Waals surface area contributed by atoms with E-state index in [4.69, 9.17) is 14.2 Å². The van der Waals surface area contributed by atoms with E-state index in [1.165, 1.54) is 18.4 Å². The Bertz CT molecular complexity index is 1190. The first-order valence-corrected chi connectivity index (χ1v) is 14.3. The van der Waals surface area contributed by atoms with Gasteiger partial charge in [0, 0.05) is 12.6 Å². The van der Waals surface area contributed by atoms with Crippen molar-refractivity contribution < 1.29 is 37.0 Å². The van der Waals surface area contributed by atoms with Crippen molar-refractivity contribution in [1.29, 1.82) is 0 Å². The number of benzene rings is 2. The Balaban J connectivity index is 1.39. The van der Waals surface area contributed by atoms with Crippen LogP contribution in [0.1, 0.15) is 50.2 Å². The van der Waals surface area contributed by atoms with Crippen molar-refractivity contribution in [2.75, 3.05) is 13.7 Å². The monoisotopic (exact) mass is 574 g/mol. The second-order valence-corrected chi connectivity index (χ2v) is 11.5. The molecule has 1 saturated heterocycles. The van der Waals surface area contributed by atoms with Gasteiger partial charge in [0.25, 0.3) is 0 Å². The number of halogens is 3. The summed E-state index contributed by atoms with van der Waals surface area (Å²) in [6.07, 6.45) is -1.45. The average molecular weight is 575 g/mol. The molecule has 41 heavy (non-hydrogen) atoms. The molecule has 0 radical (unpaired) electrons. The van der Waals surface area contributed by atoms with E-state index >= 15 is 0 Å². The lowest BCUT2D eigenvalue weighted by Crippen LogP contribution is -2.54. The average Bonchev–Trinajstić information content (AvgIpc) is 3.67. The molecule has 5 rings (SSSR count). The molecule has 0 N–H and O–H groups in total. The SMILES string of the molecule is COc1ccc(CN(C(=O)C(F)(F)F)[C@H]2C[C@@H](C)N(C(=O)OCc3ccccc3)[C@H]2COC2CCC3C[C@H]3C2)cc1. The molecule has 2 saturated carbocycles. The van der Waals surface area contributed by atoms with Crippen LogP contribution in [0.4, 0.5) is 18.0 Å². The molecule has 3 aliphatic rings. The number of nitrogens with zero attached hydrogens (tertiary/aromatic N) is 2. The molecular weight excluding hydrogens is 537 g/mol. The normalized spacial score (nSPS) is 27.2. The number of likely N-dealkylation sites (tertiary alicyclic amines) is 1. The summed E-state index contributed by atoms with van der Waals surface area (Å²) in [6, 6.07) is 13.6. The van der Waals surface area contributed by atoms with Crippen molar-refractivity contribution in [3.63, 3.8) is 0 Å². The van der Waals surface area contributed by atoms with Crippen LogP contribution in [-0.4, -0.2) is 65.9 Å². The van der Waals surface area contributed by atoms with E-state index in [1.807, 2.05) is 30.3 Å². The van der Waals surface area contributed by atoms with Gasteiger partial charge in [-0.3, -0.25) is 9.69 Å². The molecule has 1 heterocycles. The second-order valence-electron chi connectivity index (χ2n) is 11.5. The number of carbonyl (C=O) groups excluding carboxylic acids is 2. The maximum Gasteiger partial charge on any atom is 0.471 e. The van der Waals surface area contributed by atoms with Gasteiger partial charge < -0.3 is 19.1 Å². The highest BCUT2D eigenvalue weighted by molar-refractivity contribution is 5.82. The Morgan fingerprint density at radius 1 is 0.951 bits per heavy atom. The fourth-order valence-corrected chi connectivity index (χ4v) is 6.39. The van der Waals surface area contributed by atoms with Gasteiger partial charge in [-0.2, -0.15) is 13.2 Å². The van der Waals surface area contributed by atoms with E-state index in [2.05, 4.69) is 0 Å². The molecule has 1 aliphatic heterocycles. The number of ether oxygens (including phenoxy) is 3. The van der Waals surface area contributed by atoms with Gasteiger partial charge in [0.1, 0.15) is 12.4 Å². The summed E-state index contributed by atoms with van der Waals surface area (Å²) in [7, 11) is 1.50. The molecule has 0 spiro atoms. The number of amides is 2. The molecule has 10 heteroatoms. The van der Waals surface area contributed by atoms with Crippen LogP contribution in [-0.2, 0) is 27.4 Å². The van der Waals surface area contributed by atoms with Crippen LogP contribution in [0.2, 0.25) is 0 Å². The number of hydrogen-bond acceptors (Lipinski definition) is 5. The highest BCUT2D eigenvalue weighted by Crippen LogP contribution is 2.50. The van der Waals surface area contributed by atoms with Gasteiger partial charge in [-0.25, -0.2) is 4.79 Å². The molecule has 0 aromatic heterocycles. The fraction of sp³-hybridized carbons (Fsp3) is 0.548. The van der Waals surface area contributed by atoms with Crippen LogP contribution in [0.25, 0.3) is 0 Å². The zero-order valence-corrected chi connectivity index (χ0v) is 23.4. The second kappa shape index (κ2) is 12.3. The maximum atomic E-state index is 13.9. The quantitative estimate of drug-likeness (QED) is 0.370. The summed E-state index contributed by atoms with van der Waals surface area (Å²) in [5.74, 6) is 0.0368. The summed E-state index contributed by atoms with van der Waals surface area (Å²) in [5.41, 5.74) is 1.32. The molecule has 2 amide bonds. The van der Waals surface area contributed by atoms with Crippen molar-refractivity contribution in [3.05, 3.63) is 65.7 Å². The molecule has 2 unspecified atom stereocenters. The van der Waals surface area contributed by atoms with Crippen LogP contribution in [0, 0.1) is 11.8 Å². The molecule has 7 nitrogen and oxygen atoms in total. The first-order valence-electron chi connectivity index (χ1n) is 14.3. The van der Waals surface area contributed by atoms with Crippen LogP contribution in [0.15, 0.2) is 54.6 Å². The highest BCUT2D eigenvalue weighted by atomic mass is 19.4. The number of fused-ring (bicyclic) bond motifs is 1. The lowest BCUT2D eigenvalue weighted by molar-refractivity contribution is -0.189. The van der Waals surface area contributed by atoms with Crippen molar-refractivity contribution in [2.45, 2.75) is 82.6 Å². The minimum absolute atomic E-state index is 0.00847. The van der Waals surface area contributed by atoms with E-state index in [0.717, 1.165) is 35.6 Å². The number of rotatable bonds is 9. The first-order chi connectivity index (χ1) is 19.6. The third kappa shape index (κ3) is 6.97. The molecular formula is C31H37F3N2O5. The lowest BCUT2D eigenvalue weighted by Gasteiger charge is -2.36. The molecule has 3 fully saturated rings. The van der Waals surface area contributed by atoms with Crippen LogP contribution in [0.5, 0.6) is 5.75 Å². The third-order valence-electron chi connectivity index (χ3n) is 8.69. The molecule has 2 aromatic rings. The number of methoxy groups -OCH3 is 1. The Hall–Kier alpha value is -3.27.